The summed E-state index contributed by atoms with van der Waals surface area (Å²) in [6, 6.07) is 6.21. The van der Waals surface area contributed by atoms with E-state index in [0.717, 1.165) is 5.69 Å². The summed E-state index contributed by atoms with van der Waals surface area (Å²) in [4.78, 5) is 4.01. The van der Waals surface area contributed by atoms with Crippen LogP contribution in [0.4, 0.5) is 0 Å². The van der Waals surface area contributed by atoms with Gasteiger partial charge in [0.25, 0.3) is 0 Å². The molecule has 14 heavy (non-hydrogen) atoms. The molecule has 0 aliphatic rings. The average Bonchev–Trinajstić information content (AvgIpc) is 2.57. The Bertz CT molecular complexity index is 462. The second kappa shape index (κ2) is 3.53. The Balaban J connectivity index is 2.47. The molecule has 1 aromatic heterocycles. The van der Waals surface area contributed by atoms with Gasteiger partial charge in [-0.2, -0.15) is 0 Å². The zero-order valence-corrected chi connectivity index (χ0v) is 9.62. The summed E-state index contributed by atoms with van der Waals surface area (Å²) in [5.41, 5.74) is 3.58. The van der Waals surface area contributed by atoms with E-state index in [0.29, 0.717) is 4.73 Å². The fraction of sp³-hybridized carbons (Fsp3) is 0.200. The molecule has 1 heterocycles. The van der Waals surface area contributed by atoms with Crippen LogP contribution in [0.2, 0.25) is 0 Å². The van der Waals surface area contributed by atoms with Crippen molar-refractivity contribution in [3.05, 3.63) is 40.4 Å². The number of hydrogen-bond acceptors (Lipinski definition) is 2. The maximum atomic E-state index is 4.17. The highest BCUT2D eigenvalue weighted by Crippen LogP contribution is 2.13. The zero-order chi connectivity index (χ0) is 10.1. The van der Waals surface area contributed by atoms with Crippen molar-refractivity contribution in [1.29, 1.82) is 0 Å². The van der Waals surface area contributed by atoms with Gasteiger partial charge in [0.15, 0.2) is 0 Å². The van der Waals surface area contributed by atoms with Crippen LogP contribution in [-0.4, -0.2) is 14.8 Å². The van der Waals surface area contributed by atoms with Crippen molar-refractivity contribution in [1.82, 2.24) is 14.8 Å². The van der Waals surface area contributed by atoms with Crippen LogP contribution < -0.4 is 0 Å². The van der Waals surface area contributed by atoms with Crippen molar-refractivity contribution in [3.63, 3.8) is 0 Å². The standard InChI is InChI=1S/C10H10BrN3/c1-7-3-4-9(5-8(7)2)14-6-12-10(11)13-14/h3-6H,1-2H3. The lowest BCUT2D eigenvalue weighted by atomic mass is 10.1. The minimum Gasteiger partial charge on any atom is -0.220 e. The molecule has 0 unspecified atom stereocenters. The summed E-state index contributed by atoms with van der Waals surface area (Å²) in [5.74, 6) is 0. The third kappa shape index (κ3) is 1.70. The lowest BCUT2D eigenvalue weighted by molar-refractivity contribution is 0.868. The van der Waals surface area contributed by atoms with E-state index in [2.05, 4.69) is 52.0 Å². The second-order valence-electron chi connectivity index (χ2n) is 3.23. The predicted molar refractivity (Wildman–Crippen MR) is 58.5 cm³/mol. The molecule has 0 amide bonds. The van der Waals surface area contributed by atoms with Crippen molar-refractivity contribution >= 4 is 15.9 Å². The quantitative estimate of drug-likeness (QED) is 0.781. The molecule has 1 aromatic carbocycles. The van der Waals surface area contributed by atoms with Gasteiger partial charge in [0.1, 0.15) is 6.33 Å². The van der Waals surface area contributed by atoms with Crippen LogP contribution >= 0.6 is 15.9 Å². The largest absolute Gasteiger partial charge is 0.220 e. The van der Waals surface area contributed by atoms with Gasteiger partial charge in [-0.25, -0.2) is 9.67 Å². The van der Waals surface area contributed by atoms with Gasteiger partial charge < -0.3 is 0 Å². The van der Waals surface area contributed by atoms with Crippen LogP contribution in [0, 0.1) is 13.8 Å². The molecule has 0 N–H and O–H groups in total. The van der Waals surface area contributed by atoms with E-state index in [1.54, 1.807) is 11.0 Å². The first-order valence-corrected chi connectivity index (χ1v) is 5.11. The molecular formula is C10H10BrN3. The summed E-state index contributed by atoms with van der Waals surface area (Å²) < 4.78 is 2.35. The lowest BCUT2D eigenvalue weighted by Gasteiger charge is -2.03. The molecule has 0 aliphatic heterocycles. The molecule has 4 heteroatoms. The molecule has 0 bridgehead atoms. The first kappa shape index (κ1) is 9.40. The Morgan fingerprint density at radius 3 is 2.57 bits per heavy atom. The minimum absolute atomic E-state index is 0.607. The lowest BCUT2D eigenvalue weighted by Crippen LogP contribution is -1.95. The molecule has 3 nitrogen and oxygen atoms in total. The summed E-state index contributed by atoms with van der Waals surface area (Å²) in [6.07, 6.45) is 1.69. The topological polar surface area (TPSA) is 30.7 Å². The Morgan fingerprint density at radius 2 is 2.00 bits per heavy atom. The SMILES string of the molecule is Cc1ccc(-n2cnc(Br)n2)cc1C. The zero-order valence-electron chi connectivity index (χ0n) is 8.03. The highest BCUT2D eigenvalue weighted by Gasteiger charge is 2.01. The van der Waals surface area contributed by atoms with Crippen LogP contribution in [0.25, 0.3) is 5.69 Å². The van der Waals surface area contributed by atoms with E-state index in [9.17, 15) is 0 Å². The Kier molecular flexibility index (Phi) is 2.37. The molecule has 0 atom stereocenters. The molecule has 0 aliphatic carbocycles. The molecule has 0 fully saturated rings. The highest BCUT2D eigenvalue weighted by molar-refractivity contribution is 9.10. The summed E-state index contributed by atoms with van der Waals surface area (Å²) >= 11 is 3.22. The molecule has 0 spiro atoms. The minimum atomic E-state index is 0.607. The van der Waals surface area contributed by atoms with E-state index in [1.807, 2.05) is 6.07 Å². The number of benzene rings is 1. The molecule has 0 radical (unpaired) electrons. The third-order valence-electron chi connectivity index (χ3n) is 2.22. The van der Waals surface area contributed by atoms with Crippen molar-refractivity contribution < 1.29 is 0 Å². The molecule has 72 valence electrons. The number of aryl methyl sites for hydroxylation is 2. The summed E-state index contributed by atoms with van der Waals surface area (Å²) in [7, 11) is 0. The van der Waals surface area contributed by atoms with Gasteiger partial charge >= 0.3 is 0 Å². The maximum absolute atomic E-state index is 4.17. The number of rotatable bonds is 1. The van der Waals surface area contributed by atoms with Crippen molar-refractivity contribution in [2.45, 2.75) is 13.8 Å². The normalized spacial score (nSPS) is 10.5. The van der Waals surface area contributed by atoms with Gasteiger partial charge in [-0.05, 0) is 53.0 Å². The fourth-order valence-electron chi connectivity index (χ4n) is 1.24. The maximum Gasteiger partial charge on any atom is 0.217 e. The number of hydrogen-bond donors (Lipinski definition) is 0. The monoisotopic (exact) mass is 251 g/mol. The second-order valence-corrected chi connectivity index (χ2v) is 3.94. The first-order chi connectivity index (χ1) is 6.66. The Morgan fingerprint density at radius 1 is 1.21 bits per heavy atom. The van der Waals surface area contributed by atoms with Gasteiger partial charge in [-0.3, -0.25) is 0 Å². The van der Waals surface area contributed by atoms with E-state index in [4.69, 9.17) is 0 Å². The van der Waals surface area contributed by atoms with Crippen LogP contribution in [0.5, 0.6) is 0 Å². The van der Waals surface area contributed by atoms with Crippen molar-refractivity contribution in [2.24, 2.45) is 0 Å². The van der Waals surface area contributed by atoms with Crippen LogP contribution in [0.1, 0.15) is 11.1 Å². The van der Waals surface area contributed by atoms with Crippen LogP contribution in [-0.2, 0) is 0 Å². The fourth-order valence-corrected chi connectivity index (χ4v) is 1.50. The van der Waals surface area contributed by atoms with Crippen molar-refractivity contribution in [3.8, 4) is 5.69 Å². The number of halogens is 1. The molecule has 0 saturated heterocycles. The Hall–Kier alpha value is -1.16. The van der Waals surface area contributed by atoms with Gasteiger partial charge in [-0.15, -0.1) is 5.10 Å². The van der Waals surface area contributed by atoms with Crippen LogP contribution in [0.15, 0.2) is 29.3 Å². The summed E-state index contributed by atoms with van der Waals surface area (Å²) in [6.45, 7) is 4.18. The first-order valence-electron chi connectivity index (χ1n) is 4.31. The average molecular weight is 252 g/mol. The van der Waals surface area contributed by atoms with Gasteiger partial charge in [0.05, 0.1) is 5.69 Å². The van der Waals surface area contributed by atoms with Crippen molar-refractivity contribution in [2.75, 3.05) is 0 Å². The molecule has 2 aromatic rings. The van der Waals surface area contributed by atoms with Crippen LogP contribution in [0.3, 0.4) is 0 Å². The number of aromatic nitrogens is 3. The molecule has 2 rings (SSSR count). The van der Waals surface area contributed by atoms with E-state index >= 15 is 0 Å². The summed E-state index contributed by atoms with van der Waals surface area (Å²) in [5, 5.41) is 4.17. The van der Waals surface area contributed by atoms with Gasteiger partial charge in [-0.1, -0.05) is 6.07 Å². The molecule has 0 saturated carbocycles. The van der Waals surface area contributed by atoms with E-state index < -0.39 is 0 Å². The van der Waals surface area contributed by atoms with Gasteiger partial charge in [0, 0.05) is 0 Å². The molecular weight excluding hydrogens is 242 g/mol. The number of nitrogens with zero attached hydrogens (tertiary/aromatic N) is 3. The Labute approximate surface area is 90.9 Å². The predicted octanol–water partition coefficient (Wildman–Crippen LogP) is 2.65. The van der Waals surface area contributed by atoms with Gasteiger partial charge in [0.2, 0.25) is 4.73 Å². The van der Waals surface area contributed by atoms with E-state index in [-0.39, 0.29) is 0 Å². The third-order valence-corrected chi connectivity index (χ3v) is 2.58. The smallest absolute Gasteiger partial charge is 0.217 e. The van der Waals surface area contributed by atoms with E-state index in [1.165, 1.54) is 11.1 Å². The highest BCUT2D eigenvalue weighted by atomic mass is 79.9.